The maximum Gasteiger partial charge on any atom is 0.345 e. The van der Waals surface area contributed by atoms with E-state index in [1.807, 2.05) is 0 Å². The second-order valence-corrected chi connectivity index (χ2v) is 5.44. The molecule has 0 radical (unpaired) electrons. The number of carbonyl (C=O) groups excluding carboxylic acids is 2. The molecule has 0 N–H and O–H groups in total. The minimum absolute atomic E-state index is 0.349. The van der Waals surface area contributed by atoms with Crippen LogP contribution in [0.4, 0.5) is 0 Å². The van der Waals surface area contributed by atoms with Crippen LogP contribution in [0, 0.1) is 0 Å². The predicted molar refractivity (Wildman–Crippen MR) is 58.5 cm³/mol. The molecule has 0 fully saturated rings. The van der Waals surface area contributed by atoms with Gasteiger partial charge in [-0.15, -0.1) is 0 Å². The van der Waals surface area contributed by atoms with Crippen molar-refractivity contribution >= 4 is 43.8 Å². The molecule has 0 spiro atoms. The van der Waals surface area contributed by atoms with Crippen molar-refractivity contribution in [3.63, 3.8) is 0 Å². The topological polar surface area (TPSA) is 43.4 Å². The van der Waals surface area contributed by atoms with Crippen molar-refractivity contribution in [1.29, 1.82) is 0 Å². The molecule has 0 aliphatic carbocycles. The molecule has 0 aromatic heterocycles. The molecule has 0 atom stereocenters. The first kappa shape index (κ1) is 11.4. The number of ether oxygens (including phenoxy) is 1. The lowest BCUT2D eigenvalue weighted by Crippen LogP contribution is -2.17. The maximum absolute atomic E-state index is 11.3. The van der Waals surface area contributed by atoms with Crippen LogP contribution in [0.15, 0.2) is 30.3 Å². The Morgan fingerprint density at radius 3 is 2.21 bits per heavy atom. The molecule has 1 aromatic carbocycles. The summed E-state index contributed by atoms with van der Waals surface area (Å²) in [6.45, 7) is 0. The zero-order chi connectivity index (χ0) is 10.6. The average molecular weight is 322 g/mol. The molecule has 1 rings (SSSR count). The summed E-state index contributed by atoms with van der Waals surface area (Å²) in [6.07, 6.45) is 0. The van der Waals surface area contributed by atoms with Crippen molar-refractivity contribution in [1.82, 2.24) is 0 Å². The second-order valence-electron chi connectivity index (χ2n) is 2.38. The molecule has 5 heteroatoms. The molecular formula is C9H6Br2O3. The van der Waals surface area contributed by atoms with E-state index in [2.05, 4.69) is 36.6 Å². The van der Waals surface area contributed by atoms with E-state index in [9.17, 15) is 9.59 Å². The third-order valence-corrected chi connectivity index (χ3v) is 2.13. The molecule has 0 bridgehead atoms. The molecule has 0 aliphatic heterocycles. The summed E-state index contributed by atoms with van der Waals surface area (Å²) in [5.41, 5.74) is 0.349. The molecule has 0 aliphatic rings. The van der Waals surface area contributed by atoms with Gasteiger partial charge in [0.05, 0.1) is 5.56 Å². The summed E-state index contributed by atoms with van der Waals surface area (Å²) < 4.78 is 3.86. The minimum atomic E-state index is -0.668. The van der Waals surface area contributed by atoms with E-state index >= 15 is 0 Å². The van der Waals surface area contributed by atoms with Gasteiger partial charge in [0, 0.05) is 0 Å². The molecule has 0 unspecified atom stereocenters. The Kier molecular flexibility index (Phi) is 4.28. The molecule has 0 saturated carbocycles. The quantitative estimate of drug-likeness (QED) is 0.477. The van der Waals surface area contributed by atoms with E-state index < -0.39 is 15.7 Å². The first-order valence-corrected chi connectivity index (χ1v) is 5.53. The normalized spacial score (nSPS) is 9.93. The smallest absolute Gasteiger partial charge is 0.345 e. The van der Waals surface area contributed by atoms with E-state index in [-0.39, 0.29) is 0 Å². The highest BCUT2D eigenvalue weighted by Crippen LogP contribution is 2.11. The molecule has 74 valence electrons. The number of hydrogen-bond acceptors (Lipinski definition) is 3. The van der Waals surface area contributed by atoms with E-state index in [1.54, 1.807) is 30.3 Å². The van der Waals surface area contributed by atoms with Gasteiger partial charge in [0.2, 0.25) is 0 Å². The van der Waals surface area contributed by atoms with E-state index in [4.69, 9.17) is 0 Å². The van der Waals surface area contributed by atoms with Gasteiger partial charge in [-0.05, 0) is 12.1 Å². The highest BCUT2D eigenvalue weighted by Gasteiger charge is 2.17. The number of halogens is 2. The van der Waals surface area contributed by atoms with Crippen LogP contribution in [0.5, 0.6) is 0 Å². The summed E-state index contributed by atoms with van der Waals surface area (Å²) in [4.78, 5) is 22.3. The van der Waals surface area contributed by atoms with Crippen LogP contribution in [-0.2, 0) is 9.53 Å². The van der Waals surface area contributed by atoms with Crippen LogP contribution in [0.1, 0.15) is 10.4 Å². The second kappa shape index (κ2) is 5.26. The molecule has 3 nitrogen and oxygen atoms in total. The number of alkyl halides is 2. The number of benzene rings is 1. The molecule has 1 aromatic rings. The maximum atomic E-state index is 11.3. The molecule has 0 heterocycles. The monoisotopic (exact) mass is 320 g/mol. The summed E-state index contributed by atoms with van der Waals surface area (Å²) in [6, 6.07) is 8.32. The third-order valence-electron chi connectivity index (χ3n) is 1.38. The predicted octanol–water partition coefficient (Wildman–Crippen LogP) is 2.49. The molecule has 0 amide bonds. The summed E-state index contributed by atoms with van der Waals surface area (Å²) in [5, 5.41) is 0. The van der Waals surface area contributed by atoms with Crippen LogP contribution >= 0.6 is 31.9 Å². The fourth-order valence-electron chi connectivity index (χ4n) is 0.769. The highest BCUT2D eigenvalue weighted by atomic mass is 79.9. The Balaban J connectivity index is 2.65. The van der Waals surface area contributed by atoms with Crippen molar-refractivity contribution in [3.8, 4) is 0 Å². The largest absolute Gasteiger partial charge is 0.388 e. The van der Waals surface area contributed by atoms with E-state index in [0.29, 0.717) is 5.56 Å². The van der Waals surface area contributed by atoms with Crippen LogP contribution in [0.25, 0.3) is 0 Å². The van der Waals surface area contributed by atoms with Crippen molar-refractivity contribution in [2.75, 3.05) is 0 Å². The number of carbonyl (C=O) groups is 2. The Labute approximate surface area is 97.7 Å². The van der Waals surface area contributed by atoms with Gasteiger partial charge >= 0.3 is 11.9 Å². The third kappa shape index (κ3) is 3.23. The average Bonchev–Trinajstić information content (AvgIpc) is 2.19. The zero-order valence-corrected chi connectivity index (χ0v) is 10.1. The Morgan fingerprint density at radius 2 is 1.71 bits per heavy atom. The first-order valence-electron chi connectivity index (χ1n) is 3.70. The van der Waals surface area contributed by atoms with Gasteiger partial charge in [-0.3, -0.25) is 0 Å². The van der Waals surface area contributed by atoms with Gasteiger partial charge in [0.1, 0.15) is 0 Å². The summed E-state index contributed by atoms with van der Waals surface area (Å²) >= 11 is 5.86. The van der Waals surface area contributed by atoms with Crippen LogP contribution in [-0.4, -0.2) is 15.7 Å². The van der Waals surface area contributed by atoms with Crippen LogP contribution in [0.3, 0.4) is 0 Å². The fraction of sp³-hybridized carbons (Fsp3) is 0.111. The number of esters is 2. The van der Waals surface area contributed by atoms with Gasteiger partial charge in [-0.25, -0.2) is 9.59 Å². The van der Waals surface area contributed by atoms with Gasteiger partial charge in [-0.1, -0.05) is 50.1 Å². The Hall–Kier alpha value is -0.680. The number of rotatable bonds is 2. The van der Waals surface area contributed by atoms with Crippen molar-refractivity contribution in [3.05, 3.63) is 35.9 Å². The van der Waals surface area contributed by atoms with Gasteiger partial charge < -0.3 is 4.74 Å². The lowest BCUT2D eigenvalue weighted by molar-refractivity contribution is -0.135. The van der Waals surface area contributed by atoms with E-state index in [1.165, 1.54) is 0 Å². The van der Waals surface area contributed by atoms with Crippen LogP contribution in [0.2, 0.25) is 0 Å². The van der Waals surface area contributed by atoms with Crippen LogP contribution < -0.4 is 0 Å². The Bertz CT molecular complexity index is 335. The molecule has 0 saturated heterocycles. The molecular weight excluding hydrogens is 316 g/mol. The lowest BCUT2D eigenvalue weighted by Gasteiger charge is -2.02. The standard InChI is InChI=1S/C9H6Br2O3/c10-7(11)9(13)14-8(12)6-4-2-1-3-5-6/h1-5,7H. The summed E-state index contributed by atoms with van der Waals surface area (Å²) in [5.74, 6) is -1.32. The van der Waals surface area contributed by atoms with Crippen molar-refractivity contribution in [2.24, 2.45) is 0 Å². The van der Waals surface area contributed by atoms with Crippen molar-refractivity contribution < 1.29 is 14.3 Å². The van der Waals surface area contributed by atoms with E-state index in [0.717, 1.165) is 0 Å². The Morgan fingerprint density at radius 1 is 1.14 bits per heavy atom. The molecule has 14 heavy (non-hydrogen) atoms. The summed E-state index contributed by atoms with van der Waals surface area (Å²) in [7, 11) is 0. The SMILES string of the molecule is O=C(OC(=O)C(Br)Br)c1ccccc1. The highest BCUT2D eigenvalue weighted by molar-refractivity contribution is 9.25. The lowest BCUT2D eigenvalue weighted by atomic mass is 10.2. The van der Waals surface area contributed by atoms with Gasteiger partial charge in [-0.2, -0.15) is 0 Å². The fourth-order valence-corrected chi connectivity index (χ4v) is 0.956. The number of hydrogen-bond donors (Lipinski definition) is 0. The first-order chi connectivity index (χ1) is 6.61. The van der Waals surface area contributed by atoms with Crippen molar-refractivity contribution in [2.45, 2.75) is 3.74 Å². The van der Waals surface area contributed by atoms with Gasteiger partial charge in [0.25, 0.3) is 0 Å². The zero-order valence-electron chi connectivity index (χ0n) is 6.94. The minimum Gasteiger partial charge on any atom is -0.388 e. The van der Waals surface area contributed by atoms with Gasteiger partial charge in [0.15, 0.2) is 3.74 Å².